The van der Waals surface area contributed by atoms with E-state index in [0.717, 1.165) is 31.2 Å². The highest BCUT2D eigenvalue weighted by molar-refractivity contribution is 5.04. The molecule has 1 saturated heterocycles. The molecule has 0 amide bonds. The van der Waals surface area contributed by atoms with Gasteiger partial charge < -0.3 is 9.88 Å². The third-order valence-electron chi connectivity index (χ3n) is 3.07. The predicted octanol–water partition coefficient (Wildman–Crippen LogP) is 1.24. The summed E-state index contributed by atoms with van der Waals surface area (Å²) in [5.41, 5.74) is 0. The second-order valence-corrected chi connectivity index (χ2v) is 4.10. The summed E-state index contributed by atoms with van der Waals surface area (Å²) in [6.45, 7) is 8.56. The Labute approximate surface area is 84.7 Å². The van der Waals surface area contributed by atoms with Gasteiger partial charge in [-0.25, -0.2) is 0 Å². The summed E-state index contributed by atoms with van der Waals surface area (Å²) >= 11 is 0. The van der Waals surface area contributed by atoms with Gasteiger partial charge in [0, 0.05) is 19.0 Å². The van der Waals surface area contributed by atoms with Crippen LogP contribution >= 0.6 is 0 Å². The SMILES string of the molecule is CCC(C)c1nnc(C)n1C1CNC1. The van der Waals surface area contributed by atoms with Crippen LogP contribution in [0.25, 0.3) is 0 Å². The van der Waals surface area contributed by atoms with Gasteiger partial charge >= 0.3 is 0 Å². The fraction of sp³-hybridized carbons (Fsp3) is 0.800. The van der Waals surface area contributed by atoms with E-state index in [1.165, 1.54) is 0 Å². The van der Waals surface area contributed by atoms with Crippen molar-refractivity contribution in [2.24, 2.45) is 0 Å². The fourth-order valence-corrected chi connectivity index (χ4v) is 1.81. The highest BCUT2D eigenvalue weighted by Crippen LogP contribution is 2.23. The first-order valence-corrected chi connectivity index (χ1v) is 5.36. The Morgan fingerprint density at radius 2 is 2.21 bits per heavy atom. The molecule has 0 radical (unpaired) electrons. The summed E-state index contributed by atoms with van der Waals surface area (Å²) in [4.78, 5) is 0. The zero-order valence-electron chi connectivity index (χ0n) is 9.12. The van der Waals surface area contributed by atoms with Gasteiger partial charge in [-0.1, -0.05) is 13.8 Å². The Balaban J connectivity index is 2.30. The molecule has 0 bridgehead atoms. The molecule has 2 heterocycles. The monoisotopic (exact) mass is 194 g/mol. The van der Waals surface area contributed by atoms with Gasteiger partial charge in [0.05, 0.1) is 6.04 Å². The Morgan fingerprint density at radius 3 is 2.71 bits per heavy atom. The van der Waals surface area contributed by atoms with Crippen LogP contribution in [0.4, 0.5) is 0 Å². The van der Waals surface area contributed by atoms with Crippen molar-refractivity contribution in [3.05, 3.63) is 11.6 Å². The number of rotatable bonds is 3. The second-order valence-electron chi connectivity index (χ2n) is 4.10. The van der Waals surface area contributed by atoms with Crippen LogP contribution < -0.4 is 5.32 Å². The third kappa shape index (κ3) is 1.43. The second kappa shape index (κ2) is 3.69. The molecule has 4 heteroatoms. The molecule has 2 rings (SSSR count). The van der Waals surface area contributed by atoms with E-state index in [1.54, 1.807) is 0 Å². The Kier molecular flexibility index (Phi) is 2.54. The molecular formula is C10H18N4. The topological polar surface area (TPSA) is 42.7 Å². The van der Waals surface area contributed by atoms with E-state index in [0.29, 0.717) is 12.0 Å². The van der Waals surface area contributed by atoms with E-state index in [1.807, 2.05) is 6.92 Å². The zero-order valence-corrected chi connectivity index (χ0v) is 9.12. The van der Waals surface area contributed by atoms with Crippen molar-refractivity contribution in [3.63, 3.8) is 0 Å². The first-order chi connectivity index (χ1) is 6.74. The maximum Gasteiger partial charge on any atom is 0.136 e. The minimum absolute atomic E-state index is 0.511. The summed E-state index contributed by atoms with van der Waals surface area (Å²) in [5, 5.41) is 11.7. The molecule has 1 aromatic heterocycles. The van der Waals surface area contributed by atoms with E-state index >= 15 is 0 Å². The Hall–Kier alpha value is -0.900. The van der Waals surface area contributed by atoms with Crippen molar-refractivity contribution in [2.45, 2.75) is 39.2 Å². The lowest BCUT2D eigenvalue weighted by Gasteiger charge is -2.31. The molecule has 1 aromatic rings. The van der Waals surface area contributed by atoms with Crippen molar-refractivity contribution in [1.82, 2.24) is 20.1 Å². The van der Waals surface area contributed by atoms with Crippen molar-refractivity contribution >= 4 is 0 Å². The lowest BCUT2D eigenvalue weighted by Crippen LogP contribution is -2.44. The van der Waals surface area contributed by atoms with Gasteiger partial charge in [-0.15, -0.1) is 10.2 Å². The van der Waals surface area contributed by atoms with Crippen LogP contribution in [0.3, 0.4) is 0 Å². The third-order valence-corrected chi connectivity index (χ3v) is 3.07. The number of hydrogen-bond acceptors (Lipinski definition) is 3. The van der Waals surface area contributed by atoms with Crippen LogP contribution in [0.2, 0.25) is 0 Å². The smallest absolute Gasteiger partial charge is 0.136 e. The van der Waals surface area contributed by atoms with Gasteiger partial charge in [-0.3, -0.25) is 0 Å². The van der Waals surface area contributed by atoms with Crippen molar-refractivity contribution in [2.75, 3.05) is 13.1 Å². The lowest BCUT2D eigenvalue weighted by molar-refractivity contribution is 0.325. The largest absolute Gasteiger partial charge is 0.313 e. The lowest BCUT2D eigenvalue weighted by atomic mass is 10.1. The van der Waals surface area contributed by atoms with Gasteiger partial charge in [0.1, 0.15) is 11.6 Å². The van der Waals surface area contributed by atoms with Gasteiger partial charge in [0.25, 0.3) is 0 Å². The van der Waals surface area contributed by atoms with Gasteiger partial charge in [-0.05, 0) is 13.3 Å². The molecule has 4 nitrogen and oxygen atoms in total. The van der Waals surface area contributed by atoms with E-state index < -0.39 is 0 Å². The summed E-state index contributed by atoms with van der Waals surface area (Å²) in [5.74, 6) is 2.71. The molecular weight excluding hydrogens is 176 g/mol. The fourth-order valence-electron chi connectivity index (χ4n) is 1.81. The minimum atomic E-state index is 0.511. The van der Waals surface area contributed by atoms with Crippen molar-refractivity contribution < 1.29 is 0 Å². The van der Waals surface area contributed by atoms with Crippen LogP contribution in [0.15, 0.2) is 0 Å². The molecule has 0 aromatic carbocycles. The summed E-state index contributed by atoms with van der Waals surface area (Å²) in [6.07, 6.45) is 1.12. The maximum atomic E-state index is 4.27. The predicted molar refractivity (Wildman–Crippen MR) is 55.4 cm³/mol. The Morgan fingerprint density at radius 1 is 1.50 bits per heavy atom. The van der Waals surface area contributed by atoms with Crippen molar-refractivity contribution in [1.29, 1.82) is 0 Å². The molecule has 14 heavy (non-hydrogen) atoms. The minimum Gasteiger partial charge on any atom is -0.313 e. The molecule has 0 saturated carbocycles. The molecule has 78 valence electrons. The summed E-state index contributed by atoms with van der Waals surface area (Å²) < 4.78 is 2.30. The number of nitrogens with zero attached hydrogens (tertiary/aromatic N) is 3. The molecule has 1 aliphatic rings. The van der Waals surface area contributed by atoms with E-state index in [-0.39, 0.29) is 0 Å². The van der Waals surface area contributed by atoms with Crippen molar-refractivity contribution in [3.8, 4) is 0 Å². The highest BCUT2D eigenvalue weighted by atomic mass is 15.3. The summed E-state index contributed by atoms with van der Waals surface area (Å²) in [7, 11) is 0. The Bertz CT molecular complexity index is 314. The molecule has 0 aliphatic carbocycles. The average Bonchev–Trinajstić information content (AvgIpc) is 2.45. The molecule has 0 spiro atoms. The molecule has 1 fully saturated rings. The zero-order chi connectivity index (χ0) is 10.1. The molecule has 1 aliphatic heterocycles. The van der Waals surface area contributed by atoms with E-state index in [9.17, 15) is 0 Å². The first kappa shape index (κ1) is 9.65. The normalized spacial score (nSPS) is 19.4. The first-order valence-electron chi connectivity index (χ1n) is 5.36. The number of hydrogen-bond donors (Lipinski definition) is 1. The maximum absolute atomic E-state index is 4.27. The van der Waals surface area contributed by atoms with Crippen LogP contribution in [0.1, 0.15) is 43.9 Å². The number of aromatic nitrogens is 3. The summed E-state index contributed by atoms with van der Waals surface area (Å²) in [6, 6.07) is 0.578. The van der Waals surface area contributed by atoms with E-state index in [2.05, 4.69) is 33.9 Å². The van der Waals surface area contributed by atoms with Crippen LogP contribution in [0.5, 0.6) is 0 Å². The highest BCUT2D eigenvalue weighted by Gasteiger charge is 2.25. The van der Waals surface area contributed by atoms with Gasteiger partial charge in [0.15, 0.2) is 0 Å². The molecule has 1 N–H and O–H groups in total. The van der Waals surface area contributed by atoms with Crippen LogP contribution in [-0.2, 0) is 0 Å². The number of nitrogens with one attached hydrogen (secondary N) is 1. The number of aryl methyl sites for hydroxylation is 1. The molecule has 1 atom stereocenters. The van der Waals surface area contributed by atoms with Crippen LogP contribution in [-0.4, -0.2) is 27.9 Å². The quantitative estimate of drug-likeness (QED) is 0.787. The van der Waals surface area contributed by atoms with Gasteiger partial charge in [-0.2, -0.15) is 0 Å². The van der Waals surface area contributed by atoms with E-state index in [4.69, 9.17) is 0 Å². The van der Waals surface area contributed by atoms with Crippen LogP contribution in [0, 0.1) is 6.92 Å². The van der Waals surface area contributed by atoms with Gasteiger partial charge in [0.2, 0.25) is 0 Å². The standard InChI is InChI=1S/C10H18N4/c1-4-7(2)10-13-12-8(3)14(10)9-5-11-6-9/h7,9,11H,4-6H2,1-3H3. The molecule has 1 unspecified atom stereocenters. The average molecular weight is 194 g/mol.